The maximum absolute atomic E-state index is 5.56. The normalized spacial score (nSPS) is 9.88. The van der Waals surface area contributed by atoms with Gasteiger partial charge in [-0.05, 0) is 52.9 Å². The highest BCUT2D eigenvalue weighted by Gasteiger charge is 1.98. The van der Waals surface area contributed by atoms with E-state index in [2.05, 4.69) is 27.6 Å². The first-order valence-corrected chi connectivity index (χ1v) is 5.79. The van der Waals surface area contributed by atoms with Gasteiger partial charge in [-0.15, -0.1) is 0 Å². The average molecular weight is 327 g/mol. The van der Waals surface area contributed by atoms with Crippen molar-refractivity contribution in [2.24, 2.45) is 0 Å². The average Bonchev–Trinajstić information content (AvgIpc) is 2.33. The fourth-order valence-electron chi connectivity index (χ4n) is 1.17. The standard InChI is InChI=1S/C12H10INO2/c1-15-11-6-7-12(14-8-11)16-10-4-2-9(13)3-5-10/h2-8H,1H3. The first-order chi connectivity index (χ1) is 7.78. The van der Waals surface area contributed by atoms with Crippen molar-refractivity contribution in [2.75, 3.05) is 7.11 Å². The van der Waals surface area contributed by atoms with E-state index in [1.165, 1.54) is 3.57 Å². The van der Waals surface area contributed by atoms with Crippen LogP contribution in [-0.4, -0.2) is 12.1 Å². The molecule has 0 saturated carbocycles. The van der Waals surface area contributed by atoms with Crippen LogP contribution in [0, 0.1) is 3.57 Å². The van der Waals surface area contributed by atoms with E-state index in [4.69, 9.17) is 9.47 Å². The monoisotopic (exact) mass is 327 g/mol. The van der Waals surface area contributed by atoms with Gasteiger partial charge < -0.3 is 9.47 Å². The third-order valence-electron chi connectivity index (χ3n) is 1.98. The number of ether oxygens (including phenoxy) is 2. The zero-order valence-electron chi connectivity index (χ0n) is 8.68. The minimum absolute atomic E-state index is 0.557. The molecular weight excluding hydrogens is 317 g/mol. The van der Waals surface area contributed by atoms with Crippen molar-refractivity contribution in [3.8, 4) is 17.4 Å². The summed E-state index contributed by atoms with van der Waals surface area (Å²) in [5.41, 5.74) is 0. The summed E-state index contributed by atoms with van der Waals surface area (Å²) in [4.78, 5) is 4.12. The highest BCUT2D eigenvalue weighted by molar-refractivity contribution is 14.1. The van der Waals surface area contributed by atoms with Crippen LogP contribution in [0.4, 0.5) is 0 Å². The molecule has 3 nitrogen and oxygen atoms in total. The third kappa shape index (κ3) is 2.85. The van der Waals surface area contributed by atoms with E-state index in [0.29, 0.717) is 5.88 Å². The first kappa shape index (κ1) is 11.2. The highest BCUT2D eigenvalue weighted by atomic mass is 127. The Labute approximate surface area is 108 Å². The smallest absolute Gasteiger partial charge is 0.219 e. The molecule has 0 unspecified atom stereocenters. The number of benzene rings is 1. The molecule has 0 aliphatic rings. The molecule has 0 fully saturated rings. The van der Waals surface area contributed by atoms with Crippen LogP contribution in [-0.2, 0) is 0 Å². The second-order valence-electron chi connectivity index (χ2n) is 3.09. The number of hydrogen-bond acceptors (Lipinski definition) is 3. The predicted octanol–water partition coefficient (Wildman–Crippen LogP) is 3.49. The Balaban J connectivity index is 2.11. The van der Waals surface area contributed by atoms with Crippen LogP contribution in [0.25, 0.3) is 0 Å². The summed E-state index contributed by atoms with van der Waals surface area (Å²) in [6.07, 6.45) is 1.63. The van der Waals surface area contributed by atoms with Crippen molar-refractivity contribution in [1.29, 1.82) is 0 Å². The molecule has 0 bridgehead atoms. The molecule has 82 valence electrons. The van der Waals surface area contributed by atoms with Gasteiger partial charge in [-0.2, -0.15) is 0 Å². The molecule has 0 aliphatic carbocycles. The summed E-state index contributed by atoms with van der Waals surface area (Å²) in [5.74, 6) is 2.05. The predicted molar refractivity (Wildman–Crippen MR) is 70.0 cm³/mol. The zero-order chi connectivity index (χ0) is 11.4. The molecule has 2 rings (SSSR count). The molecule has 0 atom stereocenters. The number of methoxy groups -OCH3 is 1. The molecule has 1 aromatic carbocycles. The van der Waals surface area contributed by atoms with E-state index < -0.39 is 0 Å². The number of hydrogen-bond donors (Lipinski definition) is 0. The van der Waals surface area contributed by atoms with Crippen molar-refractivity contribution in [3.05, 3.63) is 46.2 Å². The Morgan fingerprint density at radius 2 is 1.69 bits per heavy atom. The van der Waals surface area contributed by atoms with E-state index in [-0.39, 0.29) is 0 Å². The minimum Gasteiger partial charge on any atom is -0.495 e. The fraction of sp³-hybridized carbons (Fsp3) is 0.0833. The van der Waals surface area contributed by atoms with Gasteiger partial charge in [0.25, 0.3) is 0 Å². The van der Waals surface area contributed by atoms with E-state index in [0.717, 1.165) is 11.5 Å². The van der Waals surface area contributed by atoms with Crippen molar-refractivity contribution in [2.45, 2.75) is 0 Å². The first-order valence-electron chi connectivity index (χ1n) is 4.71. The number of halogens is 1. The Bertz CT molecular complexity index is 453. The van der Waals surface area contributed by atoms with Crippen LogP contribution in [0.2, 0.25) is 0 Å². The fourth-order valence-corrected chi connectivity index (χ4v) is 1.53. The van der Waals surface area contributed by atoms with E-state index in [1.54, 1.807) is 19.4 Å². The van der Waals surface area contributed by atoms with Gasteiger partial charge in [0.1, 0.15) is 11.5 Å². The largest absolute Gasteiger partial charge is 0.495 e. The van der Waals surface area contributed by atoms with Gasteiger partial charge in [-0.25, -0.2) is 4.98 Å². The molecule has 0 radical (unpaired) electrons. The minimum atomic E-state index is 0.557. The van der Waals surface area contributed by atoms with E-state index in [9.17, 15) is 0 Å². The molecular formula is C12H10INO2. The van der Waals surface area contributed by atoms with Crippen LogP contribution in [0.5, 0.6) is 17.4 Å². The van der Waals surface area contributed by atoms with Crippen molar-refractivity contribution < 1.29 is 9.47 Å². The Hall–Kier alpha value is -1.30. The maximum atomic E-state index is 5.56. The zero-order valence-corrected chi connectivity index (χ0v) is 10.8. The number of aromatic nitrogens is 1. The van der Waals surface area contributed by atoms with Gasteiger partial charge in [0, 0.05) is 9.64 Å². The number of nitrogens with zero attached hydrogens (tertiary/aromatic N) is 1. The van der Waals surface area contributed by atoms with E-state index in [1.807, 2.05) is 30.3 Å². The lowest BCUT2D eigenvalue weighted by Crippen LogP contribution is -1.89. The highest BCUT2D eigenvalue weighted by Crippen LogP contribution is 2.21. The summed E-state index contributed by atoms with van der Waals surface area (Å²) in [5, 5.41) is 0. The molecule has 1 aromatic heterocycles. The second-order valence-corrected chi connectivity index (χ2v) is 4.34. The van der Waals surface area contributed by atoms with Crippen molar-refractivity contribution >= 4 is 22.6 Å². The lowest BCUT2D eigenvalue weighted by atomic mass is 10.3. The Kier molecular flexibility index (Phi) is 3.61. The lowest BCUT2D eigenvalue weighted by Gasteiger charge is -2.05. The quantitative estimate of drug-likeness (QED) is 0.809. The van der Waals surface area contributed by atoms with Crippen molar-refractivity contribution in [1.82, 2.24) is 4.98 Å². The summed E-state index contributed by atoms with van der Waals surface area (Å²) in [7, 11) is 1.61. The van der Waals surface area contributed by atoms with Crippen LogP contribution >= 0.6 is 22.6 Å². The molecule has 0 amide bonds. The Morgan fingerprint density at radius 3 is 2.25 bits per heavy atom. The summed E-state index contributed by atoms with van der Waals surface area (Å²) in [6, 6.07) is 11.4. The molecule has 1 heterocycles. The molecule has 2 aromatic rings. The van der Waals surface area contributed by atoms with Crippen LogP contribution in [0.15, 0.2) is 42.6 Å². The SMILES string of the molecule is COc1ccc(Oc2ccc(I)cc2)nc1. The van der Waals surface area contributed by atoms with E-state index >= 15 is 0 Å². The van der Waals surface area contributed by atoms with Gasteiger partial charge in [0.2, 0.25) is 5.88 Å². The molecule has 0 aliphatic heterocycles. The maximum Gasteiger partial charge on any atom is 0.219 e. The van der Waals surface area contributed by atoms with Gasteiger partial charge in [-0.3, -0.25) is 0 Å². The second kappa shape index (κ2) is 5.16. The molecule has 0 N–H and O–H groups in total. The summed E-state index contributed by atoms with van der Waals surface area (Å²) >= 11 is 2.25. The Morgan fingerprint density at radius 1 is 1.00 bits per heavy atom. The molecule has 0 spiro atoms. The van der Waals surface area contributed by atoms with Gasteiger partial charge >= 0.3 is 0 Å². The van der Waals surface area contributed by atoms with Gasteiger partial charge in [0.05, 0.1) is 13.3 Å². The van der Waals surface area contributed by atoms with Crippen molar-refractivity contribution in [3.63, 3.8) is 0 Å². The summed E-state index contributed by atoms with van der Waals surface area (Å²) in [6.45, 7) is 0. The number of pyridine rings is 1. The van der Waals surface area contributed by atoms with Crippen LogP contribution in [0.1, 0.15) is 0 Å². The lowest BCUT2D eigenvalue weighted by molar-refractivity contribution is 0.408. The van der Waals surface area contributed by atoms with Crippen LogP contribution in [0.3, 0.4) is 0 Å². The molecule has 0 saturated heterocycles. The summed E-state index contributed by atoms with van der Waals surface area (Å²) < 4.78 is 11.8. The topological polar surface area (TPSA) is 31.4 Å². The van der Waals surface area contributed by atoms with Crippen LogP contribution < -0.4 is 9.47 Å². The third-order valence-corrected chi connectivity index (χ3v) is 2.70. The van der Waals surface area contributed by atoms with Gasteiger partial charge in [0.15, 0.2) is 0 Å². The molecule has 16 heavy (non-hydrogen) atoms. The number of rotatable bonds is 3. The van der Waals surface area contributed by atoms with Gasteiger partial charge in [-0.1, -0.05) is 0 Å². The molecule has 4 heteroatoms.